The summed E-state index contributed by atoms with van der Waals surface area (Å²) in [6, 6.07) is 4.90. The predicted molar refractivity (Wildman–Crippen MR) is 156 cm³/mol. The van der Waals surface area contributed by atoms with Crippen LogP contribution in [0.4, 0.5) is 0 Å². The lowest BCUT2D eigenvalue weighted by atomic mass is 9.93. The summed E-state index contributed by atoms with van der Waals surface area (Å²) in [7, 11) is 3.12. The van der Waals surface area contributed by atoms with Gasteiger partial charge in [0.2, 0.25) is 5.91 Å². The van der Waals surface area contributed by atoms with Crippen molar-refractivity contribution in [2.75, 3.05) is 33.9 Å². The minimum atomic E-state index is -0.714. The first-order chi connectivity index (χ1) is 19.5. The van der Waals surface area contributed by atoms with E-state index in [1.54, 1.807) is 39.0 Å². The first kappa shape index (κ1) is 30.5. The van der Waals surface area contributed by atoms with Crippen LogP contribution in [0.1, 0.15) is 65.5 Å². The third-order valence-corrected chi connectivity index (χ3v) is 7.96. The fraction of sp³-hybridized carbons (Fsp3) is 0.533. The molecule has 0 radical (unpaired) electrons. The van der Waals surface area contributed by atoms with Crippen LogP contribution in [0.2, 0.25) is 0 Å². The van der Waals surface area contributed by atoms with Crippen molar-refractivity contribution in [3.63, 3.8) is 0 Å². The SMILES string of the molecule is CCOC(=O)C1CCCN(C(=O)CC2=CSC3=NC(C)=C(C(=O)OC(C)(C)C)C(c4ccc(OC)c(OC)c4)N23)C1. The van der Waals surface area contributed by atoms with Gasteiger partial charge in [0, 0.05) is 18.8 Å². The van der Waals surface area contributed by atoms with Crippen LogP contribution < -0.4 is 9.47 Å². The standard InChI is InChI=1S/C30H39N3O7S/c1-8-39-27(35)20-10-9-13-32(16-20)24(34)15-21-17-41-29-31-18(2)25(28(36)40-30(3,4)5)26(33(21)29)19-11-12-22(37-6)23(14-19)38-7/h11-12,14,17,20,26H,8-10,13,15-16H2,1-7H3. The number of nitrogens with zero attached hydrogens (tertiary/aromatic N) is 3. The van der Waals surface area contributed by atoms with Crippen LogP contribution in [0.25, 0.3) is 0 Å². The first-order valence-electron chi connectivity index (χ1n) is 13.8. The van der Waals surface area contributed by atoms with Crippen molar-refractivity contribution in [1.29, 1.82) is 0 Å². The zero-order chi connectivity index (χ0) is 29.9. The number of likely N-dealkylation sites (tertiary alicyclic amines) is 1. The second-order valence-corrected chi connectivity index (χ2v) is 12.0. The minimum Gasteiger partial charge on any atom is -0.493 e. The van der Waals surface area contributed by atoms with Gasteiger partial charge in [-0.15, -0.1) is 0 Å². The van der Waals surface area contributed by atoms with E-state index in [1.165, 1.54) is 11.8 Å². The van der Waals surface area contributed by atoms with Gasteiger partial charge in [0.05, 0.1) is 50.5 Å². The molecule has 2 unspecified atom stereocenters. The number of aliphatic imine (C=N–C) groups is 1. The number of amidine groups is 1. The number of ether oxygens (including phenoxy) is 4. The molecule has 222 valence electrons. The van der Waals surface area contributed by atoms with Crippen LogP contribution in [0, 0.1) is 5.92 Å². The fourth-order valence-electron chi connectivity index (χ4n) is 5.23. The Labute approximate surface area is 245 Å². The van der Waals surface area contributed by atoms with Crippen molar-refractivity contribution in [3.8, 4) is 11.5 Å². The molecule has 1 amide bonds. The maximum Gasteiger partial charge on any atom is 0.338 e. The van der Waals surface area contributed by atoms with Gasteiger partial charge in [0.25, 0.3) is 0 Å². The van der Waals surface area contributed by atoms with Gasteiger partial charge in [-0.05, 0) is 70.6 Å². The van der Waals surface area contributed by atoms with Crippen molar-refractivity contribution in [1.82, 2.24) is 9.80 Å². The molecule has 4 rings (SSSR count). The Balaban J connectivity index is 1.67. The van der Waals surface area contributed by atoms with Gasteiger partial charge in [0.1, 0.15) is 5.60 Å². The number of methoxy groups -OCH3 is 2. The second-order valence-electron chi connectivity index (χ2n) is 11.1. The third kappa shape index (κ3) is 6.72. The van der Waals surface area contributed by atoms with E-state index in [1.807, 2.05) is 43.2 Å². The molecule has 3 aliphatic heterocycles. The van der Waals surface area contributed by atoms with E-state index in [-0.39, 0.29) is 24.2 Å². The number of thioether (sulfide) groups is 1. The highest BCUT2D eigenvalue weighted by atomic mass is 32.2. The molecular weight excluding hydrogens is 546 g/mol. The summed E-state index contributed by atoms with van der Waals surface area (Å²) in [5, 5.41) is 2.57. The molecule has 1 aromatic carbocycles. The van der Waals surface area contributed by atoms with E-state index in [9.17, 15) is 14.4 Å². The molecule has 11 heteroatoms. The number of hydrogen-bond acceptors (Lipinski definition) is 10. The number of benzene rings is 1. The van der Waals surface area contributed by atoms with Crippen molar-refractivity contribution >= 4 is 34.8 Å². The zero-order valence-corrected chi connectivity index (χ0v) is 25.6. The molecule has 0 saturated carbocycles. The Bertz CT molecular complexity index is 1300. The smallest absolute Gasteiger partial charge is 0.338 e. The van der Waals surface area contributed by atoms with Crippen molar-refractivity contribution in [2.24, 2.45) is 10.9 Å². The Kier molecular flexibility index (Phi) is 9.36. The summed E-state index contributed by atoms with van der Waals surface area (Å²) >= 11 is 1.41. The van der Waals surface area contributed by atoms with Gasteiger partial charge in [0.15, 0.2) is 16.7 Å². The number of esters is 2. The molecule has 1 fully saturated rings. The summed E-state index contributed by atoms with van der Waals surface area (Å²) in [5.41, 5.74) is 1.69. The Hall–Kier alpha value is -3.47. The van der Waals surface area contributed by atoms with Gasteiger partial charge < -0.3 is 28.7 Å². The number of carbonyl (C=O) groups is 3. The average molecular weight is 586 g/mol. The Morgan fingerprint density at radius 2 is 1.85 bits per heavy atom. The van der Waals surface area contributed by atoms with E-state index >= 15 is 0 Å². The van der Waals surface area contributed by atoms with Crippen LogP contribution in [0.15, 0.2) is 45.6 Å². The third-order valence-electron chi connectivity index (χ3n) is 7.07. The number of hydrogen-bond donors (Lipinski definition) is 0. The Morgan fingerprint density at radius 1 is 1.12 bits per heavy atom. The zero-order valence-electron chi connectivity index (χ0n) is 24.8. The highest BCUT2D eigenvalue weighted by Crippen LogP contribution is 2.46. The quantitative estimate of drug-likeness (QED) is 0.397. The normalized spacial score (nSPS) is 20.7. The lowest BCUT2D eigenvalue weighted by Gasteiger charge is -2.38. The summed E-state index contributed by atoms with van der Waals surface area (Å²) < 4.78 is 22.0. The maximum atomic E-state index is 13.6. The fourth-order valence-corrected chi connectivity index (χ4v) is 6.19. The van der Waals surface area contributed by atoms with E-state index < -0.39 is 17.6 Å². The van der Waals surface area contributed by atoms with Crippen LogP contribution in [-0.4, -0.2) is 72.3 Å². The molecule has 3 aliphatic rings. The van der Waals surface area contributed by atoms with Gasteiger partial charge in [-0.25, -0.2) is 9.79 Å². The van der Waals surface area contributed by atoms with E-state index in [4.69, 9.17) is 23.9 Å². The summed E-state index contributed by atoms with van der Waals surface area (Å²) in [6.45, 7) is 10.3. The molecule has 0 aliphatic carbocycles. The molecule has 2 atom stereocenters. The van der Waals surface area contributed by atoms with Crippen molar-refractivity contribution in [2.45, 2.75) is 65.5 Å². The molecule has 0 bridgehead atoms. The number of rotatable bonds is 8. The van der Waals surface area contributed by atoms with Gasteiger partial charge >= 0.3 is 11.9 Å². The van der Waals surface area contributed by atoms with Gasteiger partial charge in [-0.1, -0.05) is 17.8 Å². The molecular formula is C30H39N3O7S. The van der Waals surface area contributed by atoms with Gasteiger partial charge in [-0.2, -0.15) is 0 Å². The second kappa shape index (κ2) is 12.6. The van der Waals surface area contributed by atoms with Crippen LogP contribution in [0.5, 0.6) is 11.5 Å². The van der Waals surface area contributed by atoms with E-state index in [0.717, 1.165) is 12.0 Å². The maximum absolute atomic E-state index is 13.6. The first-order valence-corrected chi connectivity index (χ1v) is 14.7. The summed E-state index contributed by atoms with van der Waals surface area (Å²) in [4.78, 5) is 48.0. The predicted octanol–water partition coefficient (Wildman–Crippen LogP) is 4.81. The molecule has 0 N–H and O–H groups in total. The van der Waals surface area contributed by atoms with Crippen LogP contribution in [-0.2, 0) is 23.9 Å². The minimum absolute atomic E-state index is 0.0893. The number of allylic oxidation sites excluding steroid dienone is 1. The van der Waals surface area contributed by atoms with Crippen LogP contribution >= 0.6 is 11.8 Å². The monoisotopic (exact) mass is 585 g/mol. The molecule has 0 aromatic heterocycles. The molecule has 41 heavy (non-hydrogen) atoms. The summed E-state index contributed by atoms with van der Waals surface area (Å²) in [6.07, 6.45) is 1.53. The topological polar surface area (TPSA) is 107 Å². The molecule has 10 nitrogen and oxygen atoms in total. The highest BCUT2D eigenvalue weighted by Gasteiger charge is 2.43. The molecule has 1 saturated heterocycles. The lowest BCUT2D eigenvalue weighted by molar-refractivity contribution is -0.152. The largest absolute Gasteiger partial charge is 0.493 e. The number of carbonyl (C=O) groups excluding carboxylic acids is 3. The van der Waals surface area contributed by atoms with E-state index in [2.05, 4.69) is 0 Å². The molecule has 0 spiro atoms. The van der Waals surface area contributed by atoms with Crippen molar-refractivity contribution < 1.29 is 33.3 Å². The highest BCUT2D eigenvalue weighted by molar-refractivity contribution is 8.16. The van der Waals surface area contributed by atoms with E-state index in [0.29, 0.717) is 59.8 Å². The van der Waals surface area contributed by atoms with Crippen molar-refractivity contribution in [3.05, 3.63) is 46.1 Å². The average Bonchev–Trinajstić information content (AvgIpc) is 3.32. The summed E-state index contributed by atoms with van der Waals surface area (Å²) in [5.74, 6) is -0.0833. The number of amides is 1. The number of fused-ring (bicyclic) bond motifs is 1. The molecule has 1 aromatic rings. The lowest BCUT2D eigenvalue weighted by Crippen LogP contribution is -2.44. The Morgan fingerprint density at radius 3 is 2.51 bits per heavy atom. The van der Waals surface area contributed by atoms with Gasteiger partial charge in [-0.3, -0.25) is 9.59 Å². The van der Waals surface area contributed by atoms with Crippen LogP contribution in [0.3, 0.4) is 0 Å². The molecule has 3 heterocycles. The number of piperidine rings is 1.